The van der Waals surface area contributed by atoms with Crippen LogP contribution in [0.25, 0.3) is 6.08 Å². The second-order valence-corrected chi connectivity index (χ2v) is 9.76. The topological polar surface area (TPSA) is 134 Å². The van der Waals surface area contributed by atoms with Crippen molar-refractivity contribution in [3.8, 4) is 5.75 Å². The van der Waals surface area contributed by atoms with E-state index in [1.807, 2.05) is 13.0 Å². The number of rotatable bonds is 8. The van der Waals surface area contributed by atoms with E-state index in [-0.39, 0.29) is 25.2 Å². The summed E-state index contributed by atoms with van der Waals surface area (Å²) in [5, 5.41) is 31.5. The highest BCUT2D eigenvalue weighted by molar-refractivity contribution is 9.10. The van der Waals surface area contributed by atoms with Gasteiger partial charge in [0.05, 0.1) is 38.3 Å². The molecule has 0 unspecified atom stereocenters. The molecular formula is C25H30BrNO8. The van der Waals surface area contributed by atoms with Crippen LogP contribution in [0.5, 0.6) is 5.75 Å². The summed E-state index contributed by atoms with van der Waals surface area (Å²) >= 11 is 3.38. The molecule has 9 nitrogen and oxygen atoms in total. The number of carbonyl (C=O) groups excluding carboxylic acids is 3. The molecule has 190 valence electrons. The maximum absolute atomic E-state index is 13.0. The number of halogens is 1. The van der Waals surface area contributed by atoms with Gasteiger partial charge in [0.1, 0.15) is 5.75 Å². The quantitative estimate of drug-likeness (QED) is 0.331. The Hall–Kier alpha value is -2.53. The first-order valence-corrected chi connectivity index (χ1v) is 12.0. The summed E-state index contributed by atoms with van der Waals surface area (Å²) in [7, 11) is 2.57. The number of aromatic hydroxyl groups is 1. The van der Waals surface area contributed by atoms with E-state index in [1.165, 1.54) is 7.11 Å². The van der Waals surface area contributed by atoms with Gasteiger partial charge in [0.15, 0.2) is 0 Å². The Bertz CT molecular complexity index is 1070. The first-order valence-electron chi connectivity index (χ1n) is 11.3. The number of hydrogen-bond acceptors (Lipinski definition) is 8. The van der Waals surface area contributed by atoms with Crippen molar-refractivity contribution in [1.82, 2.24) is 4.90 Å². The van der Waals surface area contributed by atoms with Crippen LogP contribution < -0.4 is 0 Å². The van der Waals surface area contributed by atoms with Crippen LogP contribution in [0.15, 0.2) is 39.4 Å². The SMILES string of the molecule is COCC1=C([C@H](O)CC/C(C)=C/c2cc(Br)ccc2O)[C@H](CO)[C@@H]2C(=O)N(C(=O)OC)C(=O)[C@@H]2C1. The number of fused-ring (bicyclic) bond motifs is 1. The summed E-state index contributed by atoms with van der Waals surface area (Å²) in [4.78, 5) is 38.4. The van der Waals surface area contributed by atoms with E-state index in [9.17, 15) is 29.7 Å². The highest BCUT2D eigenvalue weighted by Gasteiger charge is 2.57. The van der Waals surface area contributed by atoms with Gasteiger partial charge in [0, 0.05) is 23.1 Å². The molecule has 1 saturated heterocycles. The first-order chi connectivity index (χ1) is 16.6. The Balaban J connectivity index is 1.86. The molecule has 3 rings (SSSR count). The number of nitrogens with zero attached hydrogens (tertiary/aromatic N) is 1. The number of carbonyl (C=O) groups is 3. The number of hydrogen-bond donors (Lipinski definition) is 3. The molecule has 1 aliphatic carbocycles. The van der Waals surface area contributed by atoms with E-state index in [0.29, 0.717) is 28.0 Å². The van der Waals surface area contributed by atoms with Crippen molar-refractivity contribution < 1.29 is 39.2 Å². The molecule has 1 heterocycles. The van der Waals surface area contributed by atoms with E-state index < -0.39 is 48.4 Å². The zero-order valence-electron chi connectivity index (χ0n) is 19.9. The van der Waals surface area contributed by atoms with E-state index in [4.69, 9.17) is 4.74 Å². The molecule has 35 heavy (non-hydrogen) atoms. The molecule has 3 amide bonds. The first kappa shape index (κ1) is 27.1. The molecule has 3 N–H and O–H groups in total. The Labute approximate surface area is 212 Å². The summed E-state index contributed by atoms with van der Waals surface area (Å²) in [6.07, 6.45) is 0.664. The number of amides is 3. The zero-order valence-corrected chi connectivity index (χ0v) is 21.4. The van der Waals surface area contributed by atoms with Gasteiger partial charge in [-0.2, -0.15) is 4.90 Å². The molecule has 1 aromatic carbocycles. The summed E-state index contributed by atoms with van der Waals surface area (Å²) in [5.74, 6) is -3.89. The van der Waals surface area contributed by atoms with E-state index in [1.54, 1.807) is 18.2 Å². The number of benzene rings is 1. The van der Waals surface area contributed by atoms with Crippen LogP contribution in [0.2, 0.25) is 0 Å². The lowest BCUT2D eigenvalue weighted by atomic mass is 9.68. The summed E-state index contributed by atoms with van der Waals surface area (Å²) in [6.45, 7) is 1.52. The molecule has 0 aromatic heterocycles. The summed E-state index contributed by atoms with van der Waals surface area (Å²) in [6, 6.07) is 5.10. The highest BCUT2D eigenvalue weighted by Crippen LogP contribution is 2.46. The lowest BCUT2D eigenvalue weighted by Gasteiger charge is -2.36. The number of imide groups is 3. The van der Waals surface area contributed by atoms with Crippen molar-refractivity contribution in [2.45, 2.75) is 32.3 Å². The number of allylic oxidation sites excluding steroid dienone is 1. The van der Waals surface area contributed by atoms with Gasteiger partial charge in [-0.05, 0) is 55.5 Å². The molecular weight excluding hydrogens is 522 g/mol. The molecule has 4 atom stereocenters. The summed E-state index contributed by atoms with van der Waals surface area (Å²) in [5.41, 5.74) is 2.66. The van der Waals surface area contributed by atoms with E-state index in [2.05, 4.69) is 20.7 Å². The van der Waals surface area contributed by atoms with Crippen molar-refractivity contribution >= 4 is 39.9 Å². The van der Waals surface area contributed by atoms with Gasteiger partial charge < -0.3 is 24.8 Å². The second kappa shape index (κ2) is 11.5. The monoisotopic (exact) mass is 551 g/mol. The fourth-order valence-corrected chi connectivity index (χ4v) is 5.41. The second-order valence-electron chi connectivity index (χ2n) is 8.85. The van der Waals surface area contributed by atoms with Crippen molar-refractivity contribution in [3.63, 3.8) is 0 Å². The normalized spacial score (nSPS) is 23.5. The number of methoxy groups -OCH3 is 2. The minimum Gasteiger partial charge on any atom is -0.507 e. The fraction of sp³-hybridized carbons (Fsp3) is 0.480. The van der Waals surface area contributed by atoms with Crippen LogP contribution in [0.1, 0.15) is 31.7 Å². The Kier molecular flexibility index (Phi) is 8.87. The smallest absolute Gasteiger partial charge is 0.423 e. The third-order valence-corrected chi connectivity index (χ3v) is 7.11. The predicted octanol–water partition coefficient (Wildman–Crippen LogP) is 3.02. The molecule has 0 radical (unpaired) electrons. The van der Waals surface area contributed by atoms with Crippen molar-refractivity contribution in [3.05, 3.63) is 45.0 Å². The van der Waals surface area contributed by atoms with Gasteiger partial charge in [-0.25, -0.2) is 4.79 Å². The number of phenolic OH excluding ortho intramolecular Hbond substituents is 1. The van der Waals surface area contributed by atoms with Crippen molar-refractivity contribution in [1.29, 1.82) is 0 Å². The maximum atomic E-state index is 13.0. The van der Waals surface area contributed by atoms with Crippen LogP contribution in [-0.2, 0) is 19.1 Å². The van der Waals surface area contributed by atoms with Crippen LogP contribution in [0.4, 0.5) is 4.79 Å². The molecule has 2 aliphatic rings. The van der Waals surface area contributed by atoms with Crippen LogP contribution >= 0.6 is 15.9 Å². The van der Waals surface area contributed by atoms with Gasteiger partial charge in [0.25, 0.3) is 0 Å². The minimum atomic E-state index is -1.06. The Morgan fingerprint density at radius 3 is 2.63 bits per heavy atom. The van der Waals surface area contributed by atoms with Crippen molar-refractivity contribution in [2.24, 2.45) is 17.8 Å². The molecule has 10 heteroatoms. The lowest BCUT2D eigenvalue weighted by molar-refractivity contribution is -0.137. The average Bonchev–Trinajstić information content (AvgIpc) is 3.08. The maximum Gasteiger partial charge on any atom is 0.423 e. The molecule has 0 saturated carbocycles. The van der Waals surface area contributed by atoms with Gasteiger partial charge in [-0.3, -0.25) is 9.59 Å². The van der Waals surface area contributed by atoms with Crippen LogP contribution in [0.3, 0.4) is 0 Å². The Morgan fingerprint density at radius 2 is 2.00 bits per heavy atom. The number of phenols is 1. The number of ether oxygens (including phenoxy) is 2. The molecule has 1 aliphatic heterocycles. The molecule has 1 fully saturated rings. The number of aliphatic hydroxyl groups is 2. The number of likely N-dealkylation sites (tertiary alicyclic amines) is 1. The predicted molar refractivity (Wildman–Crippen MR) is 130 cm³/mol. The number of aliphatic hydroxyl groups excluding tert-OH is 2. The van der Waals surface area contributed by atoms with E-state index in [0.717, 1.165) is 17.2 Å². The molecule has 1 aromatic rings. The third kappa shape index (κ3) is 5.50. The van der Waals surface area contributed by atoms with Gasteiger partial charge in [0.2, 0.25) is 11.8 Å². The standard InChI is InChI=1S/C25H30BrNO8/c1-13(8-14-9-16(26)5-7-19(14)29)4-6-20(30)21-15(12-34-2)10-17-22(18(21)11-28)24(32)27(23(17)31)25(33)35-3/h5,7-9,17-18,20,22,28-30H,4,6,10-12H2,1-3H3/b13-8+/t17-,18+,20-,22-/m1/s1. The van der Waals surface area contributed by atoms with Crippen molar-refractivity contribution in [2.75, 3.05) is 27.4 Å². The van der Waals surface area contributed by atoms with Gasteiger partial charge >= 0.3 is 6.09 Å². The van der Waals surface area contributed by atoms with Gasteiger partial charge in [-0.15, -0.1) is 0 Å². The fourth-order valence-electron chi connectivity index (χ4n) is 5.04. The average molecular weight is 552 g/mol. The highest BCUT2D eigenvalue weighted by atomic mass is 79.9. The molecule has 0 spiro atoms. The summed E-state index contributed by atoms with van der Waals surface area (Å²) < 4.78 is 10.7. The van der Waals surface area contributed by atoms with E-state index >= 15 is 0 Å². The van der Waals surface area contributed by atoms with Gasteiger partial charge in [-0.1, -0.05) is 27.6 Å². The van der Waals surface area contributed by atoms with Crippen LogP contribution in [0, 0.1) is 17.8 Å². The minimum absolute atomic E-state index is 0.118. The lowest BCUT2D eigenvalue weighted by Crippen LogP contribution is -2.40. The Morgan fingerprint density at radius 1 is 1.29 bits per heavy atom. The third-order valence-electron chi connectivity index (χ3n) is 6.62. The molecule has 0 bridgehead atoms. The largest absolute Gasteiger partial charge is 0.507 e. The van der Waals surface area contributed by atoms with Crippen LogP contribution in [-0.4, -0.2) is 71.7 Å². The zero-order chi connectivity index (χ0) is 25.9.